The summed E-state index contributed by atoms with van der Waals surface area (Å²) in [6, 6.07) is 13.5. The van der Waals surface area contributed by atoms with E-state index < -0.39 is 5.25 Å². The van der Waals surface area contributed by atoms with Crippen molar-refractivity contribution >= 4 is 45.7 Å². The van der Waals surface area contributed by atoms with E-state index in [1.807, 2.05) is 30.4 Å². The molecule has 0 N–H and O–H groups in total. The fourth-order valence-corrected chi connectivity index (χ4v) is 5.29. The van der Waals surface area contributed by atoms with Gasteiger partial charge in [-0.05, 0) is 63.1 Å². The second-order valence-electron chi connectivity index (χ2n) is 8.21. The van der Waals surface area contributed by atoms with E-state index in [1.54, 1.807) is 23.1 Å². The minimum absolute atomic E-state index is 0.0210. The number of para-hydroxylation sites is 1. The first-order chi connectivity index (χ1) is 15.9. The predicted molar refractivity (Wildman–Crippen MR) is 130 cm³/mol. The van der Waals surface area contributed by atoms with Crippen LogP contribution in [0, 0.1) is 13.8 Å². The van der Waals surface area contributed by atoms with Gasteiger partial charge in [0.2, 0.25) is 0 Å². The van der Waals surface area contributed by atoms with Crippen LogP contribution in [0.4, 0.5) is 5.69 Å². The van der Waals surface area contributed by atoms with Gasteiger partial charge in [0.05, 0.1) is 16.5 Å². The summed E-state index contributed by atoms with van der Waals surface area (Å²) in [5.41, 5.74) is 5.27. The molecule has 168 valence electrons. The molecule has 1 aliphatic rings. The first-order valence-electron chi connectivity index (χ1n) is 10.9. The lowest BCUT2D eigenvalue weighted by atomic mass is 10.1. The monoisotopic (exact) mass is 460 g/mol. The number of hydrogen-bond donors (Lipinski definition) is 0. The van der Waals surface area contributed by atoms with Crippen molar-refractivity contribution in [3.8, 4) is 5.75 Å². The van der Waals surface area contributed by atoms with Crippen LogP contribution in [0.3, 0.4) is 0 Å². The molecule has 1 atom stereocenters. The Labute approximate surface area is 195 Å². The van der Waals surface area contributed by atoms with Crippen LogP contribution >= 0.6 is 11.8 Å². The molecule has 0 fully saturated rings. The molecule has 2 aromatic heterocycles. The van der Waals surface area contributed by atoms with Crippen LogP contribution in [-0.4, -0.2) is 44.7 Å². The number of aromatic nitrogens is 3. The molecule has 0 bridgehead atoms. The van der Waals surface area contributed by atoms with Gasteiger partial charge in [-0.3, -0.25) is 14.0 Å². The molecule has 2 aromatic carbocycles. The smallest absolute Gasteiger partial charge is 0.265 e. The van der Waals surface area contributed by atoms with Crippen LogP contribution in [0.25, 0.3) is 16.6 Å². The molecule has 5 rings (SSSR count). The number of Topliss-reactive ketones (excluding diaryl/α,β-unsaturated/α-hetero) is 1. The molecule has 1 amide bonds. The number of hydrogen-bond acceptors (Lipinski definition) is 6. The van der Waals surface area contributed by atoms with E-state index in [4.69, 9.17) is 4.74 Å². The van der Waals surface area contributed by atoms with Crippen molar-refractivity contribution in [1.29, 1.82) is 0 Å². The number of carbonyl (C=O) groups excluding carboxylic acids is 2. The number of rotatable bonds is 5. The fraction of sp³-hybridized carbons (Fsp3) is 0.280. The van der Waals surface area contributed by atoms with Crippen molar-refractivity contribution < 1.29 is 14.3 Å². The lowest BCUT2D eigenvalue weighted by Crippen LogP contribution is -2.38. The molecular weight excluding hydrogens is 436 g/mol. The third-order valence-corrected chi connectivity index (χ3v) is 7.09. The molecule has 0 aliphatic carbocycles. The van der Waals surface area contributed by atoms with Crippen molar-refractivity contribution in [1.82, 2.24) is 14.6 Å². The third-order valence-electron chi connectivity index (χ3n) is 6.04. The maximum Gasteiger partial charge on any atom is 0.265 e. The number of pyridine rings is 1. The molecule has 0 spiro atoms. The number of ether oxygens (including phenoxy) is 1. The summed E-state index contributed by atoms with van der Waals surface area (Å²) in [6.45, 7) is 8.46. The van der Waals surface area contributed by atoms with Gasteiger partial charge < -0.3 is 9.64 Å². The number of benzene rings is 2. The predicted octanol–water partition coefficient (Wildman–Crippen LogP) is 4.61. The Balaban J connectivity index is 1.50. The minimum Gasteiger partial charge on any atom is -0.482 e. The molecule has 0 radical (unpaired) electrons. The second-order valence-corrected chi connectivity index (χ2v) is 9.52. The highest BCUT2D eigenvalue weighted by Crippen LogP contribution is 2.35. The molecule has 0 saturated heterocycles. The first kappa shape index (κ1) is 21.5. The molecule has 1 aliphatic heterocycles. The topological polar surface area (TPSA) is 76.8 Å². The molecule has 1 unspecified atom stereocenters. The third kappa shape index (κ3) is 3.54. The van der Waals surface area contributed by atoms with Gasteiger partial charge in [-0.2, -0.15) is 0 Å². The second kappa shape index (κ2) is 8.19. The number of likely N-dealkylation sites (N-methyl/N-ethyl adjacent to an activating group) is 1. The normalized spacial score (nSPS) is 14.4. The van der Waals surface area contributed by atoms with Crippen molar-refractivity contribution in [2.24, 2.45) is 0 Å². The van der Waals surface area contributed by atoms with Gasteiger partial charge in [0.1, 0.15) is 5.75 Å². The van der Waals surface area contributed by atoms with Crippen LogP contribution in [-0.2, 0) is 4.79 Å². The highest BCUT2D eigenvalue weighted by atomic mass is 32.2. The molecule has 0 saturated carbocycles. The number of aryl methyl sites for hydroxylation is 2. The summed E-state index contributed by atoms with van der Waals surface area (Å²) < 4.78 is 7.56. The quantitative estimate of drug-likeness (QED) is 0.320. The van der Waals surface area contributed by atoms with Gasteiger partial charge >= 0.3 is 0 Å². The highest BCUT2D eigenvalue weighted by Gasteiger charge is 2.27. The number of carbonyl (C=O) groups is 2. The van der Waals surface area contributed by atoms with Crippen LogP contribution in [0.2, 0.25) is 0 Å². The highest BCUT2D eigenvalue weighted by molar-refractivity contribution is 8.00. The summed E-state index contributed by atoms with van der Waals surface area (Å²) in [4.78, 5) is 27.2. The minimum atomic E-state index is -0.397. The average molecular weight is 461 g/mol. The Morgan fingerprint density at radius 2 is 1.97 bits per heavy atom. The average Bonchev–Trinajstić information content (AvgIpc) is 3.20. The zero-order valence-electron chi connectivity index (χ0n) is 19.0. The Hall–Kier alpha value is -3.39. The summed E-state index contributed by atoms with van der Waals surface area (Å²) in [5, 5.41) is 10.2. The Morgan fingerprint density at radius 3 is 2.76 bits per heavy atom. The zero-order valence-corrected chi connectivity index (χ0v) is 19.8. The van der Waals surface area contributed by atoms with E-state index in [9.17, 15) is 9.59 Å². The Kier molecular flexibility index (Phi) is 5.32. The fourth-order valence-electron chi connectivity index (χ4n) is 4.36. The molecule has 7 nitrogen and oxygen atoms in total. The van der Waals surface area contributed by atoms with Crippen LogP contribution in [0.15, 0.2) is 47.6 Å². The SMILES string of the molecule is CCN1C(=O)COc2ccc(C(=O)C(C)Sc3nnc4cc(C)c5cccc(C)c5n34)cc21. The summed E-state index contributed by atoms with van der Waals surface area (Å²) in [7, 11) is 0. The number of ketones is 1. The van der Waals surface area contributed by atoms with E-state index in [-0.39, 0.29) is 18.3 Å². The number of amides is 1. The molecule has 4 aromatic rings. The number of anilines is 1. The van der Waals surface area contributed by atoms with Gasteiger partial charge in [-0.1, -0.05) is 30.0 Å². The zero-order chi connectivity index (χ0) is 23.3. The van der Waals surface area contributed by atoms with E-state index in [1.165, 1.54) is 11.8 Å². The Morgan fingerprint density at radius 1 is 1.15 bits per heavy atom. The maximum atomic E-state index is 13.3. The standard InChI is InChI=1S/C25H24N4O3S/c1-5-28-19-12-17(9-10-20(19)32-13-22(28)30)24(31)16(4)33-25-27-26-21-11-15(3)18-8-6-7-14(2)23(18)29(21)25/h6-12,16H,5,13H2,1-4H3. The molecule has 33 heavy (non-hydrogen) atoms. The molecule has 3 heterocycles. The van der Waals surface area contributed by atoms with Crippen molar-refractivity contribution in [2.75, 3.05) is 18.1 Å². The molecular formula is C25H24N4O3S. The lowest BCUT2D eigenvalue weighted by Gasteiger charge is -2.28. The summed E-state index contributed by atoms with van der Waals surface area (Å²) in [6.07, 6.45) is 0. The molecule has 8 heteroatoms. The van der Waals surface area contributed by atoms with Gasteiger partial charge in [0.25, 0.3) is 5.91 Å². The maximum absolute atomic E-state index is 13.3. The van der Waals surface area contributed by atoms with E-state index in [2.05, 4.69) is 36.2 Å². The largest absolute Gasteiger partial charge is 0.482 e. The number of thioether (sulfide) groups is 1. The van der Waals surface area contributed by atoms with E-state index >= 15 is 0 Å². The van der Waals surface area contributed by atoms with Gasteiger partial charge in [-0.25, -0.2) is 0 Å². The van der Waals surface area contributed by atoms with Crippen LogP contribution in [0.5, 0.6) is 5.75 Å². The number of fused-ring (bicyclic) bond motifs is 4. The van der Waals surface area contributed by atoms with Gasteiger partial charge in [-0.15, -0.1) is 10.2 Å². The van der Waals surface area contributed by atoms with Crippen molar-refractivity contribution in [3.05, 3.63) is 59.2 Å². The van der Waals surface area contributed by atoms with E-state index in [0.29, 0.717) is 28.7 Å². The Bertz CT molecular complexity index is 1430. The first-order valence-corrected chi connectivity index (χ1v) is 11.8. The van der Waals surface area contributed by atoms with E-state index in [0.717, 1.165) is 27.7 Å². The van der Waals surface area contributed by atoms with Crippen molar-refractivity contribution in [2.45, 2.75) is 38.1 Å². The van der Waals surface area contributed by atoms with Crippen molar-refractivity contribution in [3.63, 3.8) is 0 Å². The van der Waals surface area contributed by atoms with Crippen LogP contribution in [0.1, 0.15) is 35.3 Å². The summed E-state index contributed by atoms with van der Waals surface area (Å²) in [5.74, 6) is 0.473. The number of nitrogens with zero attached hydrogens (tertiary/aromatic N) is 4. The lowest BCUT2D eigenvalue weighted by molar-refractivity contribution is -0.121. The van der Waals surface area contributed by atoms with Crippen LogP contribution < -0.4 is 9.64 Å². The van der Waals surface area contributed by atoms with Gasteiger partial charge in [0.15, 0.2) is 23.2 Å². The van der Waals surface area contributed by atoms with Gasteiger partial charge in [0, 0.05) is 17.5 Å². The summed E-state index contributed by atoms with van der Waals surface area (Å²) >= 11 is 1.38.